The summed E-state index contributed by atoms with van der Waals surface area (Å²) >= 11 is 0. The maximum Gasteiger partial charge on any atom is 0.338 e. The zero-order chi connectivity index (χ0) is 16.6. The molecule has 0 atom stereocenters. The van der Waals surface area contributed by atoms with Gasteiger partial charge in [-0.1, -0.05) is 0 Å². The molecule has 0 heterocycles. The molecule has 0 aliphatic carbocycles. The molecule has 21 heavy (non-hydrogen) atoms. The highest BCUT2D eigenvalue weighted by atomic mass is 32.2. The Morgan fingerprint density at radius 3 is 2.33 bits per heavy atom. The van der Waals surface area contributed by atoms with Gasteiger partial charge in [0.15, 0.2) is 0 Å². The summed E-state index contributed by atoms with van der Waals surface area (Å²) in [5.74, 6) is -2.51. The van der Waals surface area contributed by atoms with Crippen molar-refractivity contribution in [3.05, 3.63) is 29.1 Å². The topological polar surface area (TPSA) is 94.9 Å². The molecule has 1 aromatic rings. The van der Waals surface area contributed by atoms with Crippen LogP contribution in [-0.2, 0) is 10.0 Å². The molecule has 1 rings (SSSR count). The number of halogens is 1. The van der Waals surface area contributed by atoms with E-state index in [1.54, 1.807) is 0 Å². The Kier molecular flexibility index (Phi) is 4.76. The van der Waals surface area contributed by atoms with Gasteiger partial charge in [-0.05, 0) is 38.5 Å². The molecule has 0 bridgehead atoms. The maximum atomic E-state index is 13.7. The number of carboxylic acid groups (broad SMARTS) is 1. The van der Waals surface area contributed by atoms with Crippen LogP contribution in [0.1, 0.15) is 29.8 Å². The smallest absolute Gasteiger partial charge is 0.338 e. The lowest BCUT2D eigenvalue weighted by molar-refractivity contribution is 0.0691. The highest BCUT2D eigenvalue weighted by Gasteiger charge is 2.34. The van der Waals surface area contributed by atoms with Crippen LogP contribution >= 0.6 is 0 Å². The van der Waals surface area contributed by atoms with Crippen molar-refractivity contribution < 1.29 is 27.8 Å². The van der Waals surface area contributed by atoms with Gasteiger partial charge in [-0.2, -0.15) is 4.31 Å². The Balaban J connectivity index is 3.50. The van der Waals surface area contributed by atoms with Gasteiger partial charge in [0.1, 0.15) is 5.82 Å². The van der Waals surface area contributed by atoms with Crippen LogP contribution in [0.25, 0.3) is 0 Å². The van der Waals surface area contributed by atoms with E-state index in [1.165, 1.54) is 27.8 Å². The number of nitrogens with zero attached hydrogens (tertiary/aromatic N) is 1. The van der Waals surface area contributed by atoms with Gasteiger partial charge < -0.3 is 10.2 Å². The Morgan fingerprint density at radius 1 is 1.38 bits per heavy atom. The lowest BCUT2D eigenvalue weighted by atomic mass is 10.1. The number of carboxylic acids is 1. The van der Waals surface area contributed by atoms with E-state index in [2.05, 4.69) is 0 Å². The number of likely N-dealkylation sites (N-methyl/N-ethyl adjacent to an activating group) is 1. The molecule has 0 aliphatic heterocycles. The molecule has 0 spiro atoms. The summed E-state index contributed by atoms with van der Waals surface area (Å²) in [6.45, 7) is 3.89. The minimum atomic E-state index is -4.06. The summed E-state index contributed by atoms with van der Waals surface area (Å²) in [5, 5.41) is 18.2. The van der Waals surface area contributed by atoms with Crippen LogP contribution in [-0.4, -0.2) is 48.1 Å². The number of sulfonamides is 1. The molecule has 8 heteroatoms. The standard InChI is InChI=1S/C13H18FNO5S/c1-8-5-9(6-10(11(8)14)12(17)18)21(19,20)15(4)13(2,3)7-16/h5-6,16H,7H2,1-4H3,(H,17,18). The average Bonchev–Trinajstić information content (AvgIpc) is 2.40. The second kappa shape index (κ2) is 5.70. The van der Waals surface area contributed by atoms with Crippen molar-refractivity contribution in [3.8, 4) is 0 Å². The van der Waals surface area contributed by atoms with Crippen LogP contribution in [0.5, 0.6) is 0 Å². The van der Waals surface area contributed by atoms with Gasteiger partial charge in [-0.3, -0.25) is 0 Å². The second-order valence-electron chi connectivity index (χ2n) is 5.35. The summed E-state index contributed by atoms with van der Waals surface area (Å²) in [6, 6.07) is 1.85. The number of aryl methyl sites for hydroxylation is 1. The Labute approximate surface area is 122 Å². The number of aliphatic hydroxyl groups is 1. The number of carbonyl (C=O) groups is 1. The fraction of sp³-hybridized carbons (Fsp3) is 0.462. The van der Waals surface area contributed by atoms with Crippen molar-refractivity contribution in [2.75, 3.05) is 13.7 Å². The van der Waals surface area contributed by atoms with Gasteiger partial charge in [-0.15, -0.1) is 0 Å². The van der Waals surface area contributed by atoms with E-state index in [4.69, 9.17) is 5.11 Å². The first kappa shape index (κ1) is 17.5. The second-order valence-corrected chi connectivity index (χ2v) is 7.32. The molecule has 1 aromatic carbocycles. The summed E-state index contributed by atoms with van der Waals surface area (Å²) in [7, 11) is -2.79. The third-order valence-electron chi connectivity index (χ3n) is 3.36. The van der Waals surface area contributed by atoms with Crippen molar-refractivity contribution in [3.63, 3.8) is 0 Å². The third-order valence-corrected chi connectivity index (χ3v) is 5.40. The Morgan fingerprint density at radius 2 is 1.90 bits per heavy atom. The molecule has 0 saturated heterocycles. The van der Waals surface area contributed by atoms with Gasteiger partial charge in [0.25, 0.3) is 0 Å². The number of hydrogen-bond acceptors (Lipinski definition) is 4. The van der Waals surface area contributed by atoms with E-state index in [-0.39, 0.29) is 10.5 Å². The maximum absolute atomic E-state index is 13.7. The fourth-order valence-electron chi connectivity index (χ4n) is 1.62. The third kappa shape index (κ3) is 3.22. The number of aromatic carboxylic acids is 1. The van der Waals surface area contributed by atoms with E-state index >= 15 is 0 Å². The van der Waals surface area contributed by atoms with Crippen molar-refractivity contribution in [1.29, 1.82) is 0 Å². The van der Waals surface area contributed by atoms with Crippen LogP contribution in [0, 0.1) is 12.7 Å². The molecule has 118 valence electrons. The molecule has 0 unspecified atom stereocenters. The summed E-state index contributed by atoms with van der Waals surface area (Å²) < 4.78 is 39.6. The quantitative estimate of drug-likeness (QED) is 0.851. The highest BCUT2D eigenvalue weighted by molar-refractivity contribution is 7.89. The van der Waals surface area contributed by atoms with Crippen LogP contribution in [0.4, 0.5) is 4.39 Å². The lowest BCUT2D eigenvalue weighted by Crippen LogP contribution is -2.47. The van der Waals surface area contributed by atoms with Gasteiger partial charge in [0.2, 0.25) is 10.0 Å². The van der Waals surface area contributed by atoms with Crippen LogP contribution in [0.15, 0.2) is 17.0 Å². The number of benzene rings is 1. The highest BCUT2D eigenvalue weighted by Crippen LogP contribution is 2.26. The van der Waals surface area contributed by atoms with Crippen molar-refractivity contribution >= 4 is 16.0 Å². The monoisotopic (exact) mass is 319 g/mol. The van der Waals surface area contributed by atoms with E-state index in [9.17, 15) is 22.7 Å². The Bertz CT molecular complexity index is 669. The van der Waals surface area contributed by atoms with Crippen LogP contribution in [0.2, 0.25) is 0 Å². The predicted octanol–water partition coefficient (Wildman–Crippen LogP) is 1.22. The van der Waals surface area contributed by atoms with Crippen LogP contribution in [0.3, 0.4) is 0 Å². The van der Waals surface area contributed by atoms with E-state index in [0.29, 0.717) is 0 Å². The first-order valence-electron chi connectivity index (χ1n) is 6.08. The minimum Gasteiger partial charge on any atom is -0.478 e. The van der Waals surface area contributed by atoms with Crippen molar-refractivity contribution in [2.24, 2.45) is 0 Å². The summed E-state index contributed by atoms with van der Waals surface area (Å²) in [4.78, 5) is 10.7. The number of rotatable bonds is 5. The zero-order valence-electron chi connectivity index (χ0n) is 12.2. The molecule has 0 saturated carbocycles. The molecule has 0 radical (unpaired) electrons. The van der Waals surface area contributed by atoms with Gasteiger partial charge >= 0.3 is 5.97 Å². The fourth-order valence-corrected chi connectivity index (χ4v) is 3.24. The molecular formula is C13H18FNO5S. The molecule has 6 nitrogen and oxygen atoms in total. The van der Waals surface area contributed by atoms with E-state index in [0.717, 1.165) is 16.4 Å². The van der Waals surface area contributed by atoms with E-state index < -0.39 is 39.5 Å². The SMILES string of the molecule is Cc1cc(S(=O)(=O)N(C)C(C)(C)CO)cc(C(=O)O)c1F. The van der Waals surface area contributed by atoms with Gasteiger partial charge in [0.05, 0.1) is 22.6 Å². The number of hydrogen-bond donors (Lipinski definition) is 2. The van der Waals surface area contributed by atoms with E-state index in [1.807, 2.05) is 0 Å². The molecule has 2 N–H and O–H groups in total. The predicted molar refractivity (Wildman–Crippen MR) is 74.2 cm³/mol. The molecule has 0 fully saturated rings. The normalized spacial score (nSPS) is 12.7. The van der Waals surface area contributed by atoms with Crippen molar-refractivity contribution in [2.45, 2.75) is 31.2 Å². The molecule has 0 aromatic heterocycles. The molecular weight excluding hydrogens is 301 g/mol. The molecule has 0 aliphatic rings. The van der Waals surface area contributed by atoms with Gasteiger partial charge in [-0.25, -0.2) is 17.6 Å². The largest absolute Gasteiger partial charge is 0.478 e. The molecule has 0 amide bonds. The first-order chi connectivity index (χ1) is 9.45. The van der Waals surface area contributed by atoms with Gasteiger partial charge in [0, 0.05) is 7.05 Å². The lowest BCUT2D eigenvalue weighted by Gasteiger charge is -2.32. The van der Waals surface area contributed by atoms with Crippen LogP contribution < -0.4 is 0 Å². The summed E-state index contributed by atoms with van der Waals surface area (Å²) in [5.41, 5.74) is -1.86. The first-order valence-corrected chi connectivity index (χ1v) is 7.52. The number of aliphatic hydroxyl groups excluding tert-OH is 1. The minimum absolute atomic E-state index is 0.0799. The average molecular weight is 319 g/mol. The Hall–Kier alpha value is -1.51. The summed E-state index contributed by atoms with van der Waals surface area (Å²) in [6.07, 6.45) is 0. The van der Waals surface area contributed by atoms with Crippen molar-refractivity contribution in [1.82, 2.24) is 4.31 Å². The zero-order valence-corrected chi connectivity index (χ0v) is 13.0.